The monoisotopic (exact) mass is 437 g/mol. The van der Waals surface area contributed by atoms with Gasteiger partial charge in [-0.3, -0.25) is 9.89 Å². The molecule has 1 unspecified atom stereocenters. The third-order valence-electron chi connectivity index (χ3n) is 5.23. The minimum atomic E-state index is 0. The van der Waals surface area contributed by atoms with E-state index in [0.717, 1.165) is 19.0 Å². The SMILES string of the molecule is CCN1CCCC1CNC(=NC)NC1CCN(C(C)C)CC1.I. The average Bonchev–Trinajstić information content (AvgIpc) is 2.99. The largest absolute Gasteiger partial charge is 0.355 e. The van der Waals surface area contributed by atoms with Crippen molar-refractivity contribution >= 4 is 29.9 Å². The van der Waals surface area contributed by atoms with Crippen molar-refractivity contribution in [2.45, 2.75) is 64.6 Å². The van der Waals surface area contributed by atoms with Gasteiger partial charge in [-0.15, -0.1) is 24.0 Å². The van der Waals surface area contributed by atoms with Gasteiger partial charge in [-0.05, 0) is 52.6 Å². The standard InChI is InChI=1S/C17H35N5.HI/c1-5-21-10-6-7-16(21)13-19-17(18-4)20-15-8-11-22(12-9-15)14(2)3;/h14-16H,5-13H2,1-4H3,(H2,18,19,20);1H. The molecule has 2 fully saturated rings. The maximum Gasteiger partial charge on any atom is 0.191 e. The van der Waals surface area contributed by atoms with Crippen molar-refractivity contribution < 1.29 is 0 Å². The van der Waals surface area contributed by atoms with Crippen molar-refractivity contribution in [1.29, 1.82) is 0 Å². The molecule has 0 aromatic rings. The van der Waals surface area contributed by atoms with E-state index in [-0.39, 0.29) is 24.0 Å². The van der Waals surface area contributed by atoms with Crippen LogP contribution < -0.4 is 10.6 Å². The molecule has 0 amide bonds. The Hall–Kier alpha value is -0.0800. The molecule has 0 aliphatic carbocycles. The summed E-state index contributed by atoms with van der Waals surface area (Å²) in [6.07, 6.45) is 5.07. The molecule has 2 N–H and O–H groups in total. The Balaban J connectivity index is 0.00000264. The lowest BCUT2D eigenvalue weighted by Crippen LogP contribution is -2.51. The number of likely N-dealkylation sites (N-methyl/N-ethyl adjacent to an activating group) is 1. The van der Waals surface area contributed by atoms with E-state index in [1.54, 1.807) is 0 Å². The predicted molar refractivity (Wildman–Crippen MR) is 110 cm³/mol. The molecular formula is C17H36IN5. The summed E-state index contributed by atoms with van der Waals surface area (Å²) < 4.78 is 0. The first-order chi connectivity index (χ1) is 10.6. The fraction of sp³-hybridized carbons (Fsp3) is 0.941. The number of hydrogen-bond donors (Lipinski definition) is 2. The molecule has 2 saturated heterocycles. The molecule has 6 heteroatoms. The van der Waals surface area contributed by atoms with Gasteiger partial charge in [0.05, 0.1) is 0 Å². The van der Waals surface area contributed by atoms with Gasteiger partial charge in [-0.25, -0.2) is 0 Å². The second-order valence-corrected chi connectivity index (χ2v) is 6.93. The lowest BCUT2D eigenvalue weighted by atomic mass is 10.0. The molecule has 0 radical (unpaired) electrons. The number of hydrogen-bond acceptors (Lipinski definition) is 3. The Bertz CT molecular complexity index is 353. The van der Waals surface area contributed by atoms with Gasteiger partial charge >= 0.3 is 0 Å². The topological polar surface area (TPSA) is 42.9 Å². The third-order valence-corrected chi connectivity index (χ3v) is 5.23. The third kappa shape index (κ3) is 6.38. The molecule has 2 heterocycles. The maximum atomic E-state index is 4.41. The van der Waals surface area contributed by atoms with Crippen LogP contribution >= 0.6 is 24.0 Å². The van der Waals surface area contributed by atoms with Crippen molar-refractivity contribution in [2.24, 2.45) is 4.99 Å². The van der Waals surface area contributed by atoms with Crippen LogP contribution in [0.25, 0.3) is 0 Å². The Morgan fingerprint density at radius 2 is 1.87 bits per heavy atom. The number of halogens is 1. The lowest BCUT2D eigenvalue weighted by Gasteiger charge is -2.35. The van der Waals surface area contributed by atoms with Gasteiger partial charge in [0.2, 0.25) is 0 Å². The van der Waals surface area contributed by atoms with Crippen LogP contribution in [0.5, 0.6) is 0 Å². The number of rotatable bonds is 5. The second kappa shape index (κ2) is 10.7. The number of nitrogens with zero attached hydrogens (tertiary/aromatic N) is 3. The van der Waals surface area contributed by atoms with E-state index in [4.69, 9.17) is 0 Å². The zero-order valence-corrected chi connectivity index (χ0v) is 17.7. The number of guanidine groups is 1. The van der Waals surface area contributed by atoms with Gasteiger partial charge in [0.15, 0.2) is 5.96 Å². The fourth-order valence-corrected chi connectivity index (χ4v) is 3.71. The molecule has 2 aliphatic heterocycles. The van der Waals surface area contributed by atoms with E-state index in [2.05, 4.69) is 46.2 Å². The summed E-state index contributed by atoms with van der Waals surface area (Å²) in [6.45, 7) is 12.6. The van der Waals surface area contributed by atoms with Crippen molar-refractivity contribution in [3.8, 4) is 0 Å². The number of aliphatic imine (C=N–C) groups is 1. The number of piperidine rings is 1. The van der Waals surface area contributed by atoms with Crippen LogP contribution in [0.15, 0.2) is 4.99 Å². The van der Waals surface area contributed by atoms with E-state index in [1.807, 2.05) is 7.05 Å². The second-order valence-electron chi connectivity index (χ2n) is 6.93. The lowest BCUT2D eigenvalue weighted by molar-refractivity contribution is 0.167. The van der Waals surface area contributed by atoms with Crippen LogP contribution in [0.3, 0.4) is 0 Å². The number of likely N-dealkylation sites (tertiary alicyclic amines) is 2. The van der Waals surface area contributed by atoms with E-state index >= 15 is 0 Å². The van der Waals surface area contributed by atoms with Crippen LogP contribution in [-0.4, -0.2) is 73.7 Å². The molecule has 0 bridgehead atoms. The van der Waals surface area contributed by atoms with Gasteiger partial charge in [0.1, 0.15) is 0 Å². The molecule has 0 saturated carbocycles. The van der Waals surface area contributed by atoms with Gasteiger partial charge in [0, 0.05) is 44.8 Å². The van der Waals surface area contributed by atoms with Crippen LogP contribution in [0.2, 0.25) is 0 Å². The van der Waals surface area contributed by atoms with Gasteiger partial charge in [-0.2, -0.15) is 0 Å². The summed E-state index contributed by atoms with van der Waals surface area (Å²) in [5.41, 5.74) is 0. The zero-order valence-electron chi connectivity index (χ0n) is 15.3. The van der Waals surface area contributed by atoms with Crippen LogP contribution in [0.4, 0.5) is 0 Å². The predicted octanol–water partition coefficient (Wildman–Crippen LogP) is 2.13. The quantitative estimate of drug-likeness (QED) is 0.393. The smallest absolute Gasteiger partial charge is 0.191 e. The highest BCUT2D eigenvalue weighted by atomic mass is 127. The Morgan fingerprint density at radius 1 is 1.17 bits per heavy atom. The summed E-state index contributed by atoms with van der Waals surface area (Å²) in [7, 11) is 1.88. The van der Waals surface area contributed by atoms with Crippen molar-refractivity contribution in [3.63, 3.8) is 0 Å². The van der Waals surface area contributed by atoms with E-state index in [0.29, 0.717) is 18.1 Å². The Kier molecular flexibility index (Phi) is 9.77. The summed E-state index contributed by atoms with van der Waals surface area (Å²) in [5, 5.41) is 7.16. The molecule has 0 aromatic heterocycles. The summed E-state index contributed by atoms with van der Waals surface area (Å²) in [6, 6.07) is 1.90. The molecule has 2 rings (SSSR count). The van der Waals surface area contributed by atoms with E-state index < -0.39 is 0 Å². The summed E-state index contributed by atoms with van der Waals surface area (Å²) in [5.74, 6) is 0.978. The van der Waals surface area contributed by atoms with Crippen LogP contribution in [0.1, 0.15) is 46.5 Å². The number of nitrogens with one attached hydrogen (secondary N) is 2. The van der Waals surface area contributed by atoms with Crippen molar-refractivity contribution in [3.05, 3.63) is 0 Å². The molecule has 2 aliphatic rings. The minimum absolute atomic E-state index is 0. The zero-order chi connectivity index (χ0) is 15.9. The minimum Gasteiger partial charge on any atom is -0.355 e. The Labute approximate surface area is 159 Å². The van der Waals surface area contributed by atoms with Gasteiger partial charge in [0.25, 0.3) is 0 Å². The first-order valence-electron chi connectivity index (χ1n) is 9.09. The summed E-state index contributed by atoms with van der Waals surface area (Å²) in [4.78, 5) is 9.54. The maximum absolute atomic E-state index is 4.41. The highest BCUT2D eigenvalue weighted by molar-refractivity contribution is 14.0. The molecule has 5 nitrogen and oxygen atoms in total. The molecular weight excluding hydrogens is 401 g/mol. The van der Waals surface area contributed by atoms with Gasteiger partial charge in [-0.1, -0.05) is 6.92 Å². The fourth-order valence-electron chi connectivity index (χ4n) is 3.71. The molecule has 1 atom stereocenters. The normalized spacial score (nSPS) is 24.7. The van der Waals surface area contributed by atoms with Crippen LogP contribution in [0, 0.1) is 0 Å². The molecule has 0 aromatic carbocycles. The average molecular weight is 437 g/mol. The van der Waals surface area contributed by atoms with E-state index in [9.17, 15) is 0 Å². The van der Waals surface area contributed by atoms with Crippen LogP contribution in [-0.2, 0) is 0 Å². The first kappa shape index (κ1) is 21.0. The van der Waals surface area contributed by atoms with Crippen molar-refractivity contribution in [2.75, 3.05) is 39.8 Å². The highest BCUT2D eigenvalue weighted by Crippen LogP contribution is 2.16. The Morgan fingerprint density at radius 3 is 2.43 bits per heavy atom. The molecule has 136 valence electrons. The molecule has 23 heavy (non-hydrogen) atoms. The van der Waals surface area contributed by atoms with Crippen molar-refractivity contribution in [1.82, 2.24) is 20.4 Å². The van der Waals surface area contributed by atoms with Gasteiger partial charge < -0.3 is 15.5 Å². The van der Waals surface area contributed by atoms with E-state index in [1.165, 1.54) is 45.3 Å². The molecule has 0 spiro atoms. The highest BCUT2D eigenvalue weighted by Gasteiger charge is 2.24. The first-order valence-corrected chi connectivity index (χ1v) is 9.09. The summed E-state index contributed by atoms with van der Waals surface area (Å²) >= 11 is 0.